The molecule has 2 heterocycles. The van der Waals surface area contributed by atoms with E-state index >= 15 is 0 Å². The van der Waals surface area contributed by atoms with Crippen molar-refractivity contribution in [3.8, 4) is 11.5 Å². The lowest BCUT2D eigenvalue weighted by molar-refractivity contribution is -0.114. The Balaban J connectivity index is 1.41. The van der Waals surface area contributed by atoms with E-state index in [2.05, 4.69) is 16.2 Å². The zero-order valence-electron chi connectivity index (χ0n) is 19.1. The topological polar surface area (TPSA) is 87.3 Å². The number of aryl methyl sites for hydroxylation is 2. The summed E-state index contributed by atoms with van der Waals surface area (Å²) < 4.78 is 11.6. The molecule has 0 aliphatic carbocycles. The predicted octanol–water partition coefficient (Wildman–Crippen LogP) is 5.04. The van der Waals surface area contributed by atoms with Crippen LogP contribution in [0.15, 0.2) is 58.1 Å². The van der Waals surface area contributed by atoms with Gasteiger partial charge >= 0.3 is 0 Å². The molecule has 7 nitrogen and oxygen atoms in total. The van der Waals surface area contributed by atoms with E-state index in [0.717, 1.165) is 27.5 Å². The second-order valence-electron chi connectivity index (χ2n) is 8.21. The Morgan fingerprint density at radius 1 is 1.06 bits per heavy atom. The van der Waals surface area contributed by atoms with Crippen molar-refractivity contribution in [3.63, 3.8) is 0 Å². The lowest BCUT2D eigenvalue weighted by Gasteiger charge is -2.20. The number of benzene rings is 2. The Bertz CT molecular complexity index is 1180. The molecule has 1 amide bonds. The third-order valence-corrected chi connectivity index (χ3v) is 6.16. The van der Waals surface area contributed by atoms with Crippen molar-refractivity contribution in [2.75, 3.05) is 13.2 Å². The summed E-state index contributed by atoms with van der Waals surface area (Å²) in [5.41, 5.74) is 3.26. The summed E-state index contributed by atoms with van der Waals surface area (Å²) in [6.45, 7) is 8.91. The van der Waals surface area contributed by atoms with Crippen molar-refractivity contribution in [3.05, 3.63) is 64.7 Å². The third-order valence-electron chi connectivity index (χ3n) is 4.95. The molecule has 0 aromatic heterocycles. The molecule has 8 heteroatoms. The van der Waals surface area contributed by atoms with Crippen LogP contribution in [0.25, 0.3) is 6.08 Å². The largest absolute Gasteiger partial charge is 0.490 e. The Labute approximate surface area is 197 Å². The van der Waals surface area contributed by atoms with E-state index in [1.165, 1.54) is 16.8 Å². The summed E-state index contributed by atoms with van der Waals surface area (Å²) in [5.74, 6) is 1.27. The fourth-order valence-electron chi connectivity index (χ4n) is 3.44. The van der Waals surface area contributed by atoms with Crippen LogP contribution in [0.2, 0.25) is 0 Å². The van der Waals surface area contributed by atoms with E-state index in [1.807, 2.05) is 64.1 Å². The maximum Gasteiger partial charge on any atom is 0.283 e. The predicted molar refractivity (Wildman–Crippen MR) is 133 cm³/mol. The van der Waals surface area contributed by atoms with Crippen molar-refractivity contribution >= 4 is 39.8 Å². The average molecular weight is 463 g/mol. The summed E-state index contributed by atoms with van der Waals surface area (Å²) in [6, 6.07) is 13.5. The first kappa shape index (κ1) is 22.8. The number of amides is 1. The summed E-state index contributed by atoms with van der Waals surface area (Å²) in [5, 5.41) is 15.6. The van der Waals surface area contributed by atoms with Crippen LogP contribution in [0.3, 0.4) is 0 Å². The van der Waals surface area contributed by atoms with Crippen LogP contribution in [0.4, 0.5) is 0 Å². The van der Waals surface area contributed by atoms with Gasteiger partial charge < -0.3 is 9.47 Å². The number of carbonyl (C=O) groups is 1. The van der Waals surface area contributed by atoms with Crippen LogP contribution in [0.1, 0.15) is 30.5 Å². The molecule has 2 aromatic rings. The van der Waals surface area contributed by atoms with Gasteiger partial charge in [-0.15, -0.1) is 0 Å². The first-order valence-corrected chi connectivity index (χ1v) is 11.6. The number of fused-ring (bicyclic) bond motifs is 1. The van der Waals surface area contributed by atoms with Gasteiger partial charge in [0.1, 0.15) is 29.8 Å². The van der Waals surface area contributed by atoms with Crippen molar-refractivity contribution in [2.24, 2.45) is 16.0 Å². The average Bonchev–Trinajstić information content (AvgIpc) is 3.18. The van der Waals surface area contributed by atoms with Crippen LogP contribution >= 0.6 is 11.8 Å². The number of aliphatic imine (C=N–C) groups is 1. The maximum absolute atomic E-state index is 12.6. The van der Waals surface area contributed by atoms with Gasteiger partial charge in [-0.3, -0.25) is 10.2 Å². The molecule has 0 saturated carbocycles. The minimum Gasteiger partial charge on any atom is -0.490 e. The Morgan fingerprint density at radius 3 is 2.45 bits per heavy atom. The van der Waals surface area contributed by atoms with E-state index in [0.29, 0.717) is 24.1 Å². The zero-order valence-corrected chi connectivity index (χ0v) is 19.9. The Kier molecular flexibility index (Phi) is 6.65. The summed E-state index contributed by atoms with van der Waals surface area (Å²) >= 11 is 1.34. The SMILES string of the molecule is Cc1cc(C)cc(OCCOc2cccc(/C=C3\C(=N)N4N=C(C(C)C)SC4=NC3=O)c2)c1. The molecule has 1 N–H and O–H groups in total. The van der Waals surface area contributed by atoms with Gasteiger partial charge in [0.25, 0.3) is 5.91 Å². The number of rotatable bonds is 7. The number of nitrogens with one attached hydrogen (secondary N) is 1. The van der Waals surface area contributed by atoms with Gasteiger partial charge in [0.05, 0.1) is 5.57 Å². The quantitative estimate of drug-likeness (QED) is 0.460. The third kappa shape index (κ3) is 5.34. The van der Waals surface area contributed by atoms with Gasteiger partial charge in [-0.2, -0.15) is 15.1 Å². The molecule has 0 atom stereocenters. The number of nitrogens with zero attached hydrogens (tertiary/aromatic N) is 3. The minimum atomic E-state index is -0.438. The van der Waals surface area contributed by atoms with E-state index < -0.39 is 5.91 Å². The van der Waals surface area contributed by atoms with Gasteiger partial charge in [-0.1, -0.05) is 32.0 Å². The fourth-order valence-corrected chi connectivity index (χ4v) is 4.33. The molecule has 0 fully saturated rings. The van der Waals surface area contributed by atoms with Gasteiger partial charge in [-0.05, 0) is 72.6 Å². The lowest BCUT2D eigenvalue weighted by atomic mass is 10.1. The highest BCUT2D eigenvalue weighted by Crippen LogP contribution is 2.31. The van der Waals surface area contributed by atoms with Crippen molar-refractivity contribution in [1.29, 1.82) is 5.41 Å². The molecule has 33 heavy (non-hydrogen) atoms. The van der Waals surface area contributed by atoms with Crippen LogP contribution in [0, 0.1) is 25.2 Å². The lowest BCUT2D eigenvalue weighted by Crippen LogP contribution is -2.35. The molecule has 2 aromatic carbocycles. The normalized spacial score (nSPS) is 16.8. The van der Waals surface area contributed by atoms with Gasteiger partial charge in [0.2, 0.25) is 5.17 Å². The molecule has 4 rings (SSSR count). The monoisotopic (exact) mass is 462 g/mol. The number of amidine groups is 2. The summed E-state index contributed by atoms with van der Waals surface area (Å²) in [7, 11) is 0. The van der Waals surface area contributed by atoms with E-state index in [1.54, 1.807) is 6.08 Å². The smallest absolute Gasteiger partial charge is 0.283 e. The number of ether oxygens (including phenoxy) is 2. The highest BCUT2D eigenvalue weighted by atomic mass is 32.2. The minimum absolute atomic E-state index is 0.0290. The highest BCUT2D eigenvalue weighted by Gasteiger charge is 2.36. The van der Waals surface area contributed by atoms with E-state index in [-0.39, 0.29) is 17.3 Å². The van der Waals surface area contributed by atoms with Crippen LogP contribution < -0.4 is 9.47 Å². The Morgan fingerprint density at radius 2 is 1.76 bits per heavy atom. The van der Waals surface area contributed by atoms with Crippen molar-refractivity contribution in [1.82, 2.24) is 5.01 Å². The molecule has 0 saturated heterocycles. The van der Waals surface area contributed by atoms with E-state index in [4.69, 9.17) is 14.9 Å². The van der Waals surface area contributed by atoms with Crippen molar-refractivity contribution in [2.45, 2.75) is 27.7 Å². The molecule has 0 spiro atoms. The van der Waals surface area contributed by atoms with Gasteiger partial charge in [-0.25, -0.2) is 0 Å². The number of carbonyl (C=O) groups excluding carboxylic acids is 1. The van der Waals surface area contributed by atoms with Crippen LogP contribution in [-0.2, 0) is 4.79 Å². The molecular weight excluding hydrogens is 436 g/mol. The summed E-state index contributed by atoms with van der Waals surface area (Å²) in [6.07, 6.45) is 1.65. The number of hydrazone groups is 1. The second kappa shape index (κ2) is 9.62. The number of hydrogen-bond acceptors (Lipinski definition) is 6. The number of thioether (sulfide) groups is 1. The second-order valence-corrected chi connectivity index (χ2v) is 9.19. The molecule has 2 aliphatic heterocycles. The van der Waals surface area contributed by atoms with Crippen molar-refractivity contribution < 1.29 is 14.3 Å². The Hall–Kier alpha value is -3.39. The van der Waals surface area contributed by atoms with Crippen LogP contribution in [-0.4, -0.2) is 40.2 Å². The number of hydrogen-bond donors (Lipinski definition) is 1. The maximum atomic E-state index is 12.6. The molecule has 0 radical (unpaired) electrons. The first-order chi connectivity index (χ1) is 15.8. The zero-order chi connectivity index (χ0) is 23.5. The van der Waals surface area contributed by atoms with Gasteiger partial charge in [0, 0.05) is 5.92 Å². The fraction of sp³-hybridized carbons (Fsp3) is 0.280. The van der Waals surface area contributed by atoms with E-state index in [9.17, 15) is 4.79 Å². The standard InChI is InChI=1S/C25H26N4O3S/c1-15(2)24-28-29-22(26)21(23(30)27-25(29)33-24)14-18-6-5-7-19(13-18)31-8-9-32-20-11-16(3)10-17(4)12-20/h5-7,10-15,26H,8-9H2,1-4H3/b21-14+,26-22?. The first-order valence-electron chi connectivity index (χ1n) is 10.7. The molecular formula is C25H26N4O3S. The molecule has 0 bridgehead atoms. The van der Waals surface area contributed by atoms with Gasteiger partial charge in [0.15, 0.2) is 5.84 Å². The summed E-state index contributed by atoms with van der Waals surface area (Å²) in [4.78, 5) is 16.7. The molecule has 2 aliphatic rings. The highest BCUT2D eigenvalue weighted by molar-refractivity contribution is 8.27. The molecule has 0 unspecified atom stereocenters. The van der Waals surface area contributed by atoms with Crippen LogP contribution in [0.5, 0.6) is 11.5 Å². The molecule has 170 valence electrons.